The molecule has 1 aliphatic heterocycles. The minimum atomic E-state index is -0.00912. The summed E-state index contributed by atoms with van der Waals surface area (Å²) in [6, 6.07) is 16.1. The van der Waals surface area contributed by atoms with Crippen LogP contribution in [0.3, 0.4) is 0 Å². The van der Waals surface area contributed by atoms with Crippen molar-refractivity contribution in [2.45, 2.75) is 52.2 Å². The molecular weight excluding hydrogens is 428 g/mol. The summed E-state index contributed by atoms with van der Waals surface area (Å²) in [6.45, 7) is 6.54. The fourth-order valence-corrected chi connectivity index (χ4v) is 3.87. The summed E-state index contributed by atoms with van der Waals surface area (Å²) >= 11 is 0. The molecule has 0 atom stereocenters. The third-order valence-electron chi connectivity index (χ3n) is 5.65. The topological polar surface area (TPSA) is 67.9 Å². The molecule has 3 rings (SSSR count). The molecule has 6 heteroatoms. The van der Waals surface area contributed by atoms with Crippen molar-refractivity contribution in [3.63, 3.8) is 0 Å². The van der Waals surface area contributed by atoms with Gasteiger partial charge in [0, 0.05) is 19.4 Å². The maximum atomic E-state index is 13.2. The van der Waals surface area contributed by atoms with Crippen molar-refractivity contribution in [1.29, 1.82) is 0 Å². The number of rotatable bonds is 12. The number of carbonyl (C=O) groups is 2. The summed E-state index contributed by atoms with van der Waals surface area (Å²) in [5.41, 5.74) is 4.21. The largest absolute Gasteiger partial charge is 0.377 e. The summed E-state index contributed by atoms with van der Waals surface area (Å²) in [5.74, 6) is 0.0696. The molecule has 34 heavy (non-hydrogen) atoms. The molecular formula is C28H36N2O4. The first-order valence-electron chi connectivity index (χ1n) is 12.2. The van der Waals surface area contributed by atoms with Gasteiger partial charge in [0.2, 0.25) is 11.8 Å². The van der Waals surface area contributed by atoms with Crippen LogP contribution in [0, 0.1) is 0 Å². The number of nitrogens with zero attached hydrogens (tertiary/aromatic N) is 1. The van der Waals surface area contributed by atoms with Gasteiger partial charge in [0.15, 0.2) is 0 Å². The molecule has 6 nitrogen and oxygen atoms in total. The zero-order valence-corrected chi connectivity index (χ0v) is 20.3. The quantitative estimate of drug-likeness (QED) is 0.457. The molecule has 0 saturated heterocycles. The Bertz CT molecular complexity index is 970. The maximum Gasteiger partial charge on any atom is 0.227 e. The van der Waals surface area contributed by atoms with Gasteiger partial charge in [0.25, 0.3) is 0 Å². The molecule has 0 unspecified atom stereocenters. The molecule has 0 radical (unpaired) electrons. The molecule has 0 spiro atoms. The van der Waals surface area contributed by atoms with E-state index in [0.717, 1.165) is 22.4 Å². The zero-order valence-electron chi connectivity index (χ0n) is 20.3. The molecule has 0 aliphatic carbocycles. The van der Waals surface area contributed by atoms with Crippen molar-refractivity contribution in [3.8, 4) is 0 Å². The van der Waals surface area contributed by atoms with Crippen molar-refractivity contribution in [2.75, 3.05) is 31.3 Å². The molecule has 2 aromatic carbocycles. The monoisotopic (exact) mass is 464 g/mol. The van der Waals surface area contributed by atoms with Gasteiger partial charge < -0.3 is 19.7 Å². The number of nitrogens with one attached hydrogen (secondary N) is 1. The van der Waals surface area contributed by atoms with Crippen molar-refractivity contribution in [1.82, 2.24) is 5.32 Å². The zero-order chi connectivity index (χ0) is 24.2. The van der Waals surface area contributed by atoms with Crippen LogP contribution in [0.1, 0.15) is 56.2 Å². The predicted octanol–water partition coefficient (Wildman–Crippen LogP) is 4.82. The third kappa shape index (κ3) is 8.12. The number of amides is 2. The molecule has 1 N–H and O–H groups in total. The van der Waals surface area contributed by atoms with Gasteiger partial charge in [-0.3, -0.25) is 9.59 Å². The Hall–Kier alpha value is -2.96. The van der Waals surface area contributed by atoms with Crippen LogP contribution < -0.4 is 10.2 Å². The van der Waals surface area contributed by atoms with Gasteiger partial charge in [-0.1, -0.05) is 54.6 Å². The van der Waals surface area contributed by atoms with E-state index < -0.39 is 0 Å². The van der Waals surface area contributed by atoms with Crippen LogP contribution in [-0.2, 0) is 25.6 Å². The highest BCUT2D eigenvalue weighted by Gasteiger charge is 2.20. The summed E-state index contributed by atoms with van der Waals surface area (Å²) in [7, 11) is 0. The Morgan fingerprint density at radius 1 is 0.912 bits per heavy atom. The van der Waals surface area contributed by atoms with E-state index in [9.17, 15) is 9.59 Å². The Labute approximate surface area is 202 Å². The first-order valence-corrected chi connectivity index (χ1v) is 12.2. The van der Waals surface area contributed by atoms with Crippen molar-refractivity contribution in [3.05, 3.63) is 65.2 Å². The van der Waals surface area contributed by atoms with Gasteiger partial charge in [0.05, 0.1) is 38.2 Å². The minimum absolute atomic E-state index is 0.00912. The predicted molar refractivity (Wildman–Crippen MR) is 136 cm³/mol. The number of unbranched alkanes of at least 4 members (excludes halogenated alkanes) is 1. The number of benzene rings is 2. The van der Waals surface area contributed by atoms with Crippen LogP contribution in [0.4, 0.5) is 5.69 Å². The van der Waals surface area contributed by atoms with Crippen LogP contribution in [0.15, 0.2) is 48.5 Å². The van der Waals surface area contributed by atoms with E-state index in [1.165, 1.54) is 0 Å². The average molecular weight is 465 g/mol. The standard InChI is InChI=1S/C28H36N2O4/c1-22(2)34-20-19-33-18-17-29-27(31)13-7-8-14-28(32)30-21-25-11-4-3-9-23(25)15-16-24-10-5-6-12-26(24)30/h3-6,9-12,15-16,22H,7-8,13-14,17-21H2,1-2H3,(H,29,31)/b16-15-. The Morgan fingerprint density at radius 3 is 2.44 bits per heavy atom. The van der Waals surface area contributed by atoms with Gasteiger partial charge in [-0.05, 0) is 49.4 Å². The Morgan fingerprint density at radius 2 is 1.62 bits per heavy atom. The lowest BCUT2D eigenvalue weighted by Crippen LogP contribution is -2.31. The van der Waals surface area contributed by atoms with Gasteiger partial charge in [0.1, 0.15) is 0 Å². The molecule has 182 valence electrons. The molecule has 2 amide bonds. The van der Waals surface area contributed by atoms with Crippen LogP contribution in [0.2, 0.25) is 0 Å². The smallest absolute Gasteiger partial charge is 0.227 e. The average Bonchev–Trinajstić information content (AvgIpc) is 2.82. The number of anilines is 1. The number of para-hydroxylation sites is 1. The SMILES string of the molecule is CC(C)OCCOCCNC(=O)CCCCC(=O)N1Cc2ccccc2/C=C\c2ccccc21. The van der Waals surface area contributed by atoms with Gasteiger partial charge in [-0.2, -0.15) is 0 Å². The fraction of sp³-hybridized carbons (Fsp3) is 0.429. The molecule has 2 aromatic rings. The van der Waals surface area contributed by atoms with Crippen molar-refractivity contribution >= 4 is 29.7 Å². The lowest BCUT2D eigenvalue weighted by molar-refractivity contribution is -0.122. The highest BCUT2D eigenvalue weighted by molar-refractivity contribution is 5.97. The lowest BCUT2D eigenvalue weighted by atomic mass is 10.0. The maximum absolute atomic E-state index is 13.2. The minimum Gasteiger partial charge on any atom is -0.377 e. The first-order chi connectivity index (χ1) is 16.5. The molecule has 0 saturated carbocycles. The number of fused-ring (bicyclic) bond motifs is 2. The number of hydrogen-bond acceptors (Lipinski definition) is 4. The highest BCUT2D eigenvalue weighted by Crippen LogP contribution is 2.29. The molecule has 0 bridgehead atoms. The third-order valence-corrected chi connectivity index (χ3v) is 5.65. The highest BCUT2D eigenvalue weighted by atomic mass is 16.5. The second kappa shape index (κ2) is 13.7. The first kappa shape index (κ1) is 25.7. The van der Waals surface area contributed by atoms with E-state index in [-0.39, 0.29) is 17.9 Å². The van der Waals surface area contributed by atoms with E-state index >= 15 is 0 Å². The van der Waals surface area contributed by atoms with Crippen LogP contribution >= 0.6 is 0 Å². The van der Waals surface area contributed by atoms with Crippen molar-refractivity contribution in [2.24, 2.45) is 0 Å². The van der Waals surface area contributed by atoms with E-state index in [4.69, 9.17) is 9.47 Å². The second-order valence-electron chi connectivity index (χ2n) is 8.66. The van der Waals surface area contributed by atoms with Crippen LogP contribution in [0.5, 0.6) is 0 Å². The Kier molecular flexibility index (Phi) is 10.3. The number of carbonyl (C=O) groups excluding carboxylic acids is 2. The molecule has 1 heterocycles. The van der Waals surface area contributed by atoms with E-state index in [1.807, 2.05) is 55.1 Å². The van der Waals surface area contributed by atoms with Gasteiger partial charge in [-0.25, -0.2) is 0 Å². The summed E-state index contributed by atoms with van der Waals surface area (Å²) in [4.78, 5) is 27.1. The molecule has 0 fully saturated rings. The number of hydrogen-bond donors (Lipinski definition) is 1. The summed E-state index contributed by atoms with van der Waals surface area (Å²) in [6.07, 6.45) is 6.54. The fourth-order valence-electron chi connectivity index (χ4n) is 3.87. The van der Waals surface area contributed by atoms with Gasteiger partial charge in [-0.15, -0.1) is 0 Å². The van der Waals surface area contributed by atoms with E-state index in [2.05, 4.69) is 29.6 Å². The molecule has 0 aromatic heterocycles. The normalized spacial score (nSPS) is 13.6. The number of ether oxygens (including phenoxy) is 2. The lowest BCUT2D eigenvalue weighted by Gasteiger charge is -2.27. The second-order valence-corrected chi connectivity index (χ2v) is 8.66. The van der Waals surface area contributed by atoms with E-state index in [1.54, 1.807) is 0 Å². The van der Waals surface area contributed by atoms with Crippen LogP contribution in [-0.4, -0.2) is 44.3 Å². The Balaban J connectivity index is 1.42. The van der Waals surface area contributed by atoms with Gasteiger partial charge >= 0.3 is 0 Å². The van der Waals surface area contributed by atoms with E-state index in [0.29, 0.717) is 58.6 Å². The molecule has 1 aliphatic rings. The van der Waals surface area contributed by atoms with Crippen LogP contribution in [0.25, 0.3) is 12.2 Å². The van der Waals surface area contributed by atoms with Crippen molar-refractivity contribution < 1.29 is 19.1 Å². The summed E-state index contributed by atoms with van der Waals surface area (Å²) < 4.78 is 10.8. The summed E-state index contributed by atoms with van der Waals surface area (Å²) in [5, 5.41) is 2.87.